The molecule has 1 atom stereocenters. The van der Waals surface area contributed by atoms with Crippen molar-refractivity contribution in [2.75, 3.05) is 0 Å². The summed E-state index contributed by atoms with van der Waals surface area (Å²) in [5.74, 6) is -0.948. The standard InChI is InChI=1S/C8H11N3O2/c1-8(9,5-7(12)13)6-3-2-4-10-11-6/h2-4H,5,9H2,1H3,(H,12,13)/t8-/m0/s1. The Balaban J connectivity index is 2.87. The molecule has 0 saturated carbocycles. The van der Waals surface area contributed by atoms with Crippen molar-refractivity contribution < 1.29 is 9.90 Å². The van der Waals surface area contributed by atoms with Gasteiger partial charge in [0, 0.05) is 6.20 Å². The molecule has 1 aromatic heterocycles. The van der Waals surface area contributed by atoms with E-state index in [0.717, 1.165) is 0 Å². The molecule has 3 N–H and O–H groups in total. The number of hydrogen-bond acceptors (Lipinski definition) is 4. The Bertz CT molecular complexity index is 298. The highest BCUT2D eigenvalue weighted by Gasteiger charge is 2.26. The van der Waals surface area contributed by atoms with Crippen LogP contribution in [0.3, 0.4) is 0 Å². The summed E-state index contributed by atoms with van der Waals surface area (Å²) in [6.45, 7) is 1.62. The number of carbonyl (C=O) groups is 1. The molecule has 0 bridgehead atoms. The first-order valence-corrected chi connectivity index (χ1v) is 3.81. The van der Waals surface area contributed by atoms with Crippen LogP contribution in [0.5, 0.6) is 0 Å². The summed E-state index contributed by atoms with van der Waals surface area (Å²) in [7, 11) is 0. The van der Waals surface area contributed by atoms with Crippen LogP contribution in [0.2, 0.25) is 0 Å². The highest BCUT2D eigenvalue weighted by atomic mass is 16.4. The molecule has 0 aliphatic rings. The number of carboxylic acid groups (broad SMARTS) is 1. The van der Waals surface area contributed by atoms with E-state index in [2.05, 4.69) is 10.2 Å². The molecule has 13 heavy (non-hydrogen) atoms. The SMILES string of the molecule is C[C@](N)(CC(=O)O)c1cccnn1. The van der Waals surface area contributed by atoms with Gasteiger partial charge in [0.15, 0.2) is 0 Å². The predicted molar refractivity (Wildman–Crippen MR) is 45.8 cm³/mol. The molecule has 1 heterocycles. The largest absolute Gasteiger partial charge is 0.481 e. The summed E-state index contributed by atoms with van der Waals surface area (Å²) in [6, 6.07) is 3.34. The van der Waals surface area contributed by atoms with Crippen LogP contribution in [-0.2, 0) is 10.3 Å². The minimum atomic E-state index is -0.958. The first-order chi connectivity index (χ1) is 6.02. The molecular weight excluding hydrogens is 170 g/mol. The van der Waals surface area contributed by atoms with E-state index >= 15 is 0 Å². The monoisotopic (exact) mass is 181 g/mol. The number of aliphatic carboxylic acids is 1. The van der Waals surface area contributed by atoms with Crippen molar-refractivity contribution in [2.45, 2.75) is 18.9 Å². The quantitative estimate of drug-likeness (QED) is 0.691. The van der Waals surface area contributed by atoms with Gasteiger partial charge in [-0.1, -0.05) is 0 Å². The maximum Gasteiger partial charge on any atom is 0.305 e. The topological polar surface area (TPSA) is 89.1 Å². The predicted octanol–water partition coefficient (Wildman–Crippen LogP) is 0.125. The normalized spacial score (nSPS) is 14.9. The Morgan fingerprint density at radius 2 is 2.46 bits per heavy atom. The number of carboxylic acids is 1. The van der Waals surface area contributed by atoms with E-state index in [1.807, 2.05) is 0 Å². The van der Waals surface area contributed by atoms with Crippen LogP contribution in [0, 0.1) is 0 Å². The summed E-state index contributed by atoms with van der Waals surface area (Å²) in [5.41, 5.74) is 5.28. The molecule has 0 aliphatic carbocycles. The van der Waals surface area contributed by atoms with E-state index in [-0.39, 0.29) is 6.42 Å². The van der Waals surface area contributed by atoms with Crippen LogP contribution in [0.15, 0.2) is 18.3 Å². The molecule has 0 aliphatic heterocycles. The number of nitrogens with two attached hydrogens (primary N) is 1. The highest BCUT2D eigenvalue weighted by Crippen LogP contribution is 2.17. The van der Waals surface area contributed by atoms with Gasteiger partial charge in [-0.15, -0.1) is 0 Å². The average molecular weight is 181 g/mol. The van der Waals surface area contributed by atoms with E-state index in [0.29, 0.717) is 5.69 Å². The molecule has 0 fully saturated rings. The summed E-state index contributed by atoms with van der Waals surface area (Å²) >= 11 is 0. The first kappa shape index (κ1) is 9.60. The van der Waals surface area contributed by atoms with Crippen molar-refractivity contribution >= 4 is 5.97 Å². The lowest BCUT2D eigenvalue weighted by atomic mass is 9.95. The lowest BCUT2D eigenvalue weighted by Crippen LogP contribution is -2.36. The minimum Gasteiger partial charge on any atom is -0.481 e. The van der Waals surface area contributed by atoms with Crippen LogP contribution in [-0.4, -0.2) is 21.3 Å². The summed E-state index contributed by atoms with van der Waals surface area (Å²) in [4.78, 5) is 10.5. The summed E-state index contributed by atoms with van der Waals surface area (Å²) in [5, 5.41) is 16.0. The van der Waals surface area contributed by atoms with Gasteiger partial charge in [0.25, 0.3) is 0 Å². The number of aromatic nitrogens is 2. The van der Waals surface area contributed by atoms with Crippen LogP contribution in [0.25, 0.3) is 0 Å². The van der Waals surface area contributed by atoms with Gasteiger partial charge >= 0.3 is 5.97 Å². The van der Waals surface area contributed by atoms with Gasteiger partial charge in [-0.05, 0) is 19.1 Å². The highest BCUT2D eigenvalue weighted by molar-refractivity contribution is 5.68. The zero-order chi connectivity index (χ0) is 9.90. The van der Waals surface area contributed by atoms with Gasteiger partial charge in [0.05, 0.1) is 17.7 Å². The van der Waals surface area contributed by atoms with Gasteiger partial charge in [-0.25, -0.2) is 0 Å². The van der Waals surface area contributed by atoms with Crippen LogP contribution in [0.1, 0.15) is 19.0 Å². The number of rotatable bonds is 3. The Hall–Kier alpha value is -1.49. The molecule has 0 unspecified atom stereocenters. The van der Waals surface area contributed by atoms with Crippen molar-refractivity contribution in [3.05, 3.63) is 24.0 Å². The zero-order valence-corrected chi connectivity index (χ0v) is 7.27. The van der Waals surface area contributed by atoms with Gasteiger partial charge in [-0.2, -0.15) is 10.2 Å². The lowest BCUT2D eigenvalue weighted by molar-refractivity contribution is -0.138. The Kier molecular flexibility index (Phi) is 2.57. The van der Waals surface area contributed by atoms with Crippen molar-refractivity contribution in [3.8, 4) is 0 Å². The Morgan fingerprint density at radius 3 is 2.92 bits per heavy atom. The van der Waals surface area contributed by atoms with Gasteiger partial charge in [0.2, 0.25) is 0 Å². The molecule has 70 valence electrons. The maximum atomic E-state index is 10.5. The van der Waals surface area contributed by atoms with E-state index in [9.17, 15) is 4.79 Å². The molecular formula is C8H11N3O2. The molecule has 5 nitrogen and oxygen atoms in total. The van der Waals surface area contributed by atoms with Crippen molar-refractivity contribution in [2.24, 2.45) is 5.73 Å². The second kappa shape index (κ2) is 3.49. The molecule has 5 heteroatoms. The molecule has 1 aromatic rings. The van der Waals surface area contributed by atoms with Gasteiger partial charge < -0.3 is 10.8 Å². The van der Waals surface area contributed by atoms with Crippen molar-refractivity contribution in [3.63, 3.8) is 0 Å². The maximum absolute atomic E-state index is 10.5. The van der Waals surface area contributed by atoms with Gasteiger partial charge in [-0.3, -0.25) is 4.79 Å². The summed E-state index contributed by atoms with van der Waals surface area (Å²) in [6.07, 6.45) is 1.35. The molecule has 0 amide bonds. The van der Waals surface area contributed by atoms with E-state index in [1.54, 1.807) is 19.1 Å². The van der Waals surface area contributed by atoms with Gasteiger partial charge in [0.1, 0.15) is 0 Å². The van der Waals surface area contributed by atoms with E-state index in [1.165, 1.54) is 6.20 Å². The lowest BCUT2D eigenvalue weighted by Gasteiger charge is -2.20. The second-order valence-electron chi connectivity index (χ2n) is 3.10. The van der Waals surface area contributed by atoms with Crippen molar-refractivity contribution in [1.29, 1.82) is 0 Å². The smallest absolute Gasteiger partial charge is 0.305 e. The fourth-order valence-corrected chi connectivity index (χ4v) is 1.01. The van der Waals surface area contributed by atoms with E-state index in [4.69, 9.17) is 10.8 Å². The van der Waals surface area contributed by atoms with Crippen LogP contribution in [0.4, 0.5) is 0 Å². The molecule has 0 saturated heterocycles. The Morgan fingerprint density at radius 1 is 1.77 bits per heavy atom. The number of hydrogen-bond donors (Lipinski definition) is 2. The Labute approximate surface area is 75.6 Å². The minimum absolute atomic E-state index is 0.161. The molecule has 0 radical (unpaired) electrons. The molecule has 1 rings (SSSR count). The third-order valence-corrected chi connectivity index (χ3v) is 1.68. The van der Waals surface area contributed by atoms with Crippen LogP contribution < -0.4 is 5.73 Å². The second-order valence-corrected chi connectivity index (χ2v) is 3.10. The molecule has 0 aromatic carbocycles. The first-order valence-electron chi connectivity index (χ1n) is 3.81. The van der Waals surface area contributed by atoms with E-state index < -0.39 is 11.5 Å². The fraction of sp³-hybridized carbons (Fsp3) is 0.375. The third kappa shape index (κ3) is 2.48. The summed E-state index contributed by atoms with van der Waals surface area (Å²) < 4.78 is 0. The fourth-order valence-electron chi connectivity index (χ4n) is 1.01. The van der Waals surface area contributed by atoms with Crippen molar-refractivity contribution in [1.82, 2.24) is 10.2 Å². The number of nitrogens with zero attached hydrogens (tertiary/aromatic N) is 2. The zero-order valence-electron chi connectivity index (χ0n) is 7.27. The third-order valence-electron chi connectivity index (χ3n) is 1.68. The van der Waals surface area contributed by atoms with Crippen LogP contribution >= 0.6 is 0 Å². The molecule has 0 spiro atoms. The average Bonchev–Trinajstić information content (AvgIpc) is 2.04.